The fourth-order valence-corrected chi connectivity index (χ4v) is 7.32. The number of methoxy groups -OCH3 is 2. The van der Waals surface area contributed by atoms with Crippen LogP contribution in [0.15, 0.2) is 35.1 Å². The van der Waals surface area contributed by atoms with Crippen molar-refractivity contribution >= 4 is 13.3 Å². The van der Waals surface area contributed by atoms with E-state index in [1.54, 1.807) is 19.4 Å². The summed E-state index contributed by atoms with van der Waals surface area (Å²) in [6.07, 6.45) is 5.71. The molecule has 2 nitrogen and oxygen atoms in total. The van der Waals surface area contributed by atoms with Crippen molar-refractivity contribution in [1.82, 2.24) is 0 Å². The minimum atomic E-state index is -1.93. The molecule has 0 saturated carbocycles. The molecular formula is C23H36O2Si. The van der Waals surface area contributed by atoms with E-state index in [1.807, 2.05) is 0 Å². The summed E-state index contributed by atoms with van der Waals surface area (Å²) >= 11 is 0. The number of allylic oxidation sites excluding steroid dienone is 4. The molecule has 0 radical (unpaired) electrons. The quantitative estimate of drug-likeness (QED) is 0.626. The molecule has 0 amide bonds. The van der Waals surface area contributed by atoms with Crippen molar-refractivity contribution in [2.24, 2.45) is 5.41 Å². The molecule has 0 aliphatic heterocycles. The summed E-state index contributed by atoms with van der Waals surface area (Å²) in [6.45, 7) is 18.5. The normalized spacial score (nSPS) is 15.6. The van der Waals surface area contributed by atoms with E-state index in [0.29, 0.717) is 0 Å². The van der Waals surface area contributed by atoms with Crippen molar-refractivity contribution < 1.29 is 9.47 Å². The van der Waals surface area contributed by atoms with Crippen LogP contribution in [0.5, 0.6) is 11.5 Å². The molecule has 144 valence electrons. The second-order valence-electron chi connectivity index (χ2n) is 9.88. The SMILES string of the molecule is COc1cc(C(C)(C)C)c(OC)c([Si](C)(C)C2=C(C(C)(C)C)C=CC2)c1. The number of hydrogen-bond acceptors (Lipinski definition) is 2. The highest BCUT2D eigenvalue weighted by Gasteiger charge is 2.38. The predicted octanol–water partition coefficient (Wildman–Crippen LogP) is 5.76. The predicted molar refractivity (Wildman–Crippen MR) is 116 cm³/mol. The first-order chi connectivity index (χ1) is 11.8. The van der Waals surface area contributed by atoms with E-state index < -0.39 is 8.07 Å². The van der Waals surface area contributed by atoms with Crippen molar-refractivity contribution in [3.63, 3.8) is 0 Å². The van der Waals surface area contributed by atoms with Gasteiger partial charge in [0.1, 0.15) is 19.6 Å². The third-order valence-corrected chi connectivity index (χ3v) is 9.18. The molecule has 0 saturated heterocycles. The molecule has 0 atom stereocenters. The highest BCUT2D eigenvalue weighted by molar-refractivity contribution is 6.96. The summed E-state index contributed by atoms with van der Waals surface area (Å²) in [5.74, 6) is 1.97. The molecule has 1 aliphatic carbocycles. The Labute approximate surface area is 161 Å². The van der Waals surface area contributed by atoms with Gasteiger partial charge in [0.25, 0.3) is 0 Å². The van der Waals surface area contributed by atoms with E-state index in [0.717, 1.165) is 17.9 Å². The van der Waals surface area contributed by atoms with Gasteiger partial charge in [0, 0.05) is 5.56 Å². The second-order valence-corrected chi connectivity index (χ2v) is 14.3. The maximum Gasteiger partial charge on any atom is 0.122 e. The van der Waals surface area contributed by atoms with E-state index in [9.17, 15) is 0 Å². The summed E-state index contributed by atoms with van der Waals surface area (Å²) in [7, 11) is 1.63. The first-order valence-electron chi connectivity index (χ1n) is 9.51. The zero-order chi connectivity index (χ0) is 19.9. The average molecular weight is 373 g/mol. The van der Waals surface area contributed by atoms with E-state index in [1.165, 1.54) is 16.3 Å². The van der Waals surface area contributed by atoms with Crippen molar-refractivity contribution in [2.75, 3.05) is 14.2 Å². The van der Waals surface area contributed by atoms with Gasteiger partial charge in [0.15, 0.2) is 0 Å². The van der Waals surface area contributed by atoms with Gasteiger partial charge in [-0.15, -0.1) is 0 Å². The Kier molecular flexibility index (Phi) is 5.54. The van der Waals surface area contributed by atoms with Crippen LogP contribution >= 0.6 is 0 Å². The molecular weight excluding hydrogens is 336 g/mol. The van der Waals surface area contributed by atoms with Crippen molar-refractivity contribution in [2.45, 2.75) is 66.5 Å². The minimum absolute atomic E-state index is 0.00568. The van der Waals surface area contributed by atoms with Gasteiger partial charge in [-0.3, -0.25) is 0 Å². The highest BCUT2D eigenvalue weighted by atomic mass is 28.3. The first-order valence-corrected chi connectivity index (χ1v) is 12.5. The Morgan fingerprint density at radius 2 is 1.50 bits per heavy atom. The first kappa shape index (κ1) is 20.8. The van der Waals surface area contributed by atoms with Gasteiger partial charge in [-0.05, 0) is 40.1 Å². The van der Waals surface area contributed by atoms with Crippen LogP contribution in [0.2, 0.25) is 13.1 Å². The summed E-state index contributed by atoms with van der Waals surface area (Å²) in [4.78, 5) is 0. The molecule has 1 aromatic carbocycles. The van der Waals surface area contributed by atoms with E-state index in [4.69, 9.17) is 9.47 Å². The van der Waals surface area contributed by atoms with Gasteiger partial charge < -0.3 is 9.47 Å². The van der Waals surface area contributed by atoms with Gasteiger partial charge in [-0.25, -0.2) is 0 Å². The smallest absolute Gasteiger partial charge is 0.122 e. The lowest BCUT2D eigenvalue weighted by molar-refractivity contribution is 0.391. The van der Waals surface area contributed by atoms with Crippen LogP contribution in [-0.2, 0) is 5.41 Å². The number of hydrogen-bond donors (Lipinski definition) is 0. The lowest BCUT2D eigenvalue weighted by Gasteiger charge is -2.34. The van der Waals surface area contributed by atoms with Crippen LogP contribution in [0.4, 0.5) is 0 Å². The van der Waals surface area contributed by atoms with E-state index in [-0.39, 0.29) is 10.8 Å². The Bertz CT molecular complexity index is 741. The minimum Gasteiger partial charge on any atom is -0.497 e. The fourth-order valence-electron chi connectivity index (χ4n) is 3.92. The van der Waals surface area contributed by atoms with Crippen LogP contribution in [-0.4, -0.2) is 22.3 Å². The summed E-state index contributed by atoms with van der Waals surface area (Å²) < 4.78 is 11.7. The Balaban J connectivity index is 2.78. The largest absolute Gasteiger partial charge is 0.497 e. The fraction of sp³-hybridized carbons (Fsp3) is 0.565. The highest BCUT2D eigenvalue weighted by Crippen LogP contribution is 2.41. The molecule has 0 unspecified atom stereocenters. The monoisotopic (exact) mass is 372 g/mol. The molecule has 26 heavy (non-hydrogen) atoms. The Hall–Kier alpha value is -1.48. The Morgan fingerprint density at radius 1 is 0.885 bits per heavy atom. The molecule has 0 aromatic heterocycles. The van der Waals surface area contributed by atoms with Crippen LogP contribution in [0.1, 0.15) is 53.5 Å². The maximum absolute atomic E-state index is 6.01. The van der Waals surface area contributed by atoms with Crippen molar-refractivity contribution in [3.8, 4) is 11.5 Å². The maximum atomic E-state index is 6.01. The molecule has 2 rings (SSSR count). The summed E-state index contributed by atoms with van der Waals surface area (Å²) in [5, 5.41) is 2.95. The number of ether oxygens (including phenoxy) is 2. The standard InChI is InChI=1S/C23H36O2Si/c1-22(2,3)17-12-11-13-19(17)26(9,10)20-15-16(24-7)14-18(21(20)25-8)23(4,5)6/h11-12,14-15H,13H2,1-10H3. The van der Waals surface area contributed by atoms with Gasteiger partial charge in [-0.2, -0.15) is 0 Å². The zero-order valence-corrected chi connectivity index (χ0v) is 19.3. The van der Waals surface area contributed by atoms with Crippen LogP contribution < -0.4 is 14.7 Å². The number of rotatable bonds is 4. The second kappa shape index (κ2) is 6.92. The number of benzene rings is 1. The van der Waals surface area contributed by atoms with Gasteiger partial charge in [-0.1, -0.05) is 72.0 Å². The molecule has 1 aromatic rings. The summed E-state index contributed by atoms with van der Waals surface area (Å²) in [5.41, 5.74) is 2.87. The molecule has 0 bridgehead atoms. The Morgan fingerprint density at radius 3 is 1.96 bits per heavy atom. The third kappa shape index (κ3) is 3.78. The molecule has 0 fully saturated rings. The van der Waals surface area contributed by atoms with Gasteiger partial charge in [0.05, 0.1) is 14.2 Å². The molecule has 3 heteroatoms. The lowest BCUT2D eigenvalue weighted by Crippen LogP contribution is -2.46. The van der Waals surface area contributed by atoms with Crippen molar-refractivity contribution in [3.05, 3.63) is 40.6 Å². The van der Waals surface area contributed by atoms with E-state index >= 15 is 0 Å². The molecule has 1 aliphatic rings. The van der Waals surface area contributed by atoms with Gasteiger partial charge >= 0.3 is 0 Å². The van der Waals surface area contributed by atoms with Crippen LogP contribution in [0.3, 0.4) is 0 Å². The molecule has 0 heterocycles. The van der Waals surface area contributed by atoms with Crippen LogP contribution in [0.25, 0.3) is 0 Å². The van der Waals surface area contributed by atoms with E-state index in [2.05, 4.69) is 78.9 Å². The zero-order valence-electron chi connectivity index (χ0n) is 18.3. The summed E-state index contributed by atoms with van der Waals surface area (Å²) in [6, 6.07) is 4.35. The third-order valence-electron chi connectivity index (χ3n) is 5.48. The van der Waals surface area contributed by atoms with Crippen LogP contribution in [0, 0.1) is 5.41 Å². The average Bonchev–Trinajstić information content (AvgIpc) is 3.03. The van der Waals surface area contributed by atoms with Crippen molar-refractivity contribution in [1.29, 1.82) is 0 Å². The molecule has 0 spiro atoms. The van der Waals surface area contributed by atoms with Gasteiger partial charge in [0.2, 0.25) is 0 Å². The lowest BCUT2D eigenvalue weighted by atomic mass is 9.86. The molecule has 0 N–H and O–H groups in total. The topological polar surface area (TPSA) is 18.5 Å².